The zero-order valence-electron chi connectivity index (χ0n) is 11.1. The molecule has 1 rings (SSSR count). The molecule has 1 aromatic rings. The maximum Gasteiger partial charge on any atom is 0.306 e. The summed E-state index contributed by atoms with van der Waals surface area (Å²) in [4.78, 5) is 18.8. The van der Waals surface area contributed by atoms with E-state index in [1.165, 1.54) is 12.0 Å². The van der Waals surface area contributed by atoms with Crippen molar-refractivity contribution in [1.82, 2.24) is 9.88 Å². The summed E-state index contributed by atoms with van der Waals surface area (Å²) in [7, 11) is 3.09. The fourth-order valence-electron chi connectivity index (χ4n) is 1.54. The molecule has 0 radical (unpaired) electrons. The molecule has 0 amide bonds. The van der Waals surface area contributed by atoms with E-state index in [1.54, 1.807) is 18.4 Å². The van der Waals surface area contributed by atoms with E-state index in [9.17, 15) is 4.79 Å². The first-order valence-electron chi connectivity index (χ1n) is 5.85. The van der Waals surface area contributed by atoms with Gasteiger partial charge in [-0.25, -0.2) is 4.98 Å². The van der Waals surface area contributed by atoms with Gasteiger partial charge in [-0.3, -0.25) is 9.69 Å². The van der Waals surface area contributed by atoms with Crippen LogP contribution in [0.15, 0.2) is 6.20 Å². The number of rotatable bonds is 8. The molecule has 18 heavy (non-hydrogen) atoms. The highest BCUT2D eigenvalue weighted by atomic mass is 32.1. The van der Waals surface area contributed by atoms with Crippen LogP contribution in [0, 0.1) is 6.92 Å². The Morgan fingerprint density at radius 2 is 2.22 bits per heavy atom. The number of aryl methyl sites for hydroxylation is 1. The standard InChI is InChI=1S/C12H20N2O3S/c1-10-13-8-11(18-10)9-14(6-7-16-2)5-4-12(15)17-3/h8H,4-7,9H2,1-3H3. The Morgan fingerprint density at radius 3 is 2.78 bits per heavy atom. The quantitative estimate of drug-likeness (QED) is 0.671. The summed E-state index contributed by atoms with van der Waals surface area (Å²) < 4.78 is 9.73. The molecule has 0 saturated carbocycles. The van der Waals surface area contributed by atoms with Gasteiger partial charge in [0.05, 0.1) is 25.1 Å². The van der Waals surface area contributed by atoms with Crippen LogP contribution in [0.2, 0.25) is 0 Å². The lowest BCUT2D eigenvalue weighted by Gasteiger charge is -2.20. The SMILES string of the molecule is COCCN(CCC(=O)OC)Cc1cnc(C)s1. The molecule has 6 heteroatoms. The molecular formula is C12H20N2O3S. The molecule has 0 spiro atoms. The van der Waals surface area contributed by atoms with Crippen LogP contribution < -0.4 is 0 Å². The number of hydrogen-bond acceptors (Lipinski definition) is 6. The summed E-state index contributed by atoms with van der Waals surface area (Å²) in [5.74, 6) is -0.182. The lowest BCUT2D eigenvalue weighted by Crippen LogP contribution is -2.29. The van der Waals surface area contributed by atoms with Gasteiger partial charge in [-0.2, -0.15) is 0 Å². The Hall–Kier alpha value is -0.980. The van der Waals surface area contributed by atoms with Gasteiger partial charge in [-0.1, -0.05) is 0 Å². The fraction of sp³-hybridized carbons (Fsp3) is 0.667. The van der Waals surface area contributed by atoms with Gasteiger partial charge in [0.1, 0.15) is 0 Å². The van der Waals surface area contributed by atoms with Gasteiger partial charge in [0.15, 0.2) is 0 Å². The lowest BCUT2D eigenvalue weighted by atomic mass is 10.3. The van der Waals surface area contributed by atoms with E-state index in [2.05, 4.69) is 14.6 Å². The van der Waals surface area contributed by atoms with Crippen LogP contribution in [-0.4, -0.2) is 49.8 Å². The predicted molar refractivity (Wildman–Crippen MR) is 70.6 cm³/mol. The van der Waals surface area contributed by atoms with Crippen LogP contribution in [0.5, 0.6) is 0 Å². The summed E-state index contributed by atoms with van der Waals surface area (Å²) in [6.45, 7) is 4.91. The van der Waals surface area contributed by atoms with Gasteiger partial charge in [-0.05, 0) is 6.92 Å². The molecule has 0 aliphatic heterocycles. The average Bonchev–Trinajstić information content (AvgIpc) is 2.77. The van der Waals surface area contributed by atoms with Crippen molar-refractivity contribution >= 4 is 17.3 Å². The van der Waals surface area contributed by atoms with Crippen molar-refractivity contribution in [2.75, 3.05) is 33.9 Å². The van der Waals surface area contributed by atoms with Crippen molar-refractivity contribution in [2.24, 2.45) is 0 Å². The highest BCUT2D eigenvalue weighted by Crippen LogP contribution is 2.14. The maximum atomic E-state index is 11.2. The van der Waals surface area contributed by atoms with Crippen molar-refractivity contribution in [3.05, 3.63) is 16.1 Å². The molecule has 1 heterocycles. The van der Waals surface area contributed by atoms with Crippen LogP contribution >= 0.6 is 11.3 Å². The monoisotopic (exact) mass is 272 g/mol. The Morgan fingerprint density at radius 1 is 1.44 bits per heavy atom. The number of thiazole rings is 1. The Balaban J connectivity index is 2.46. The second kappa shape index (κ2) is 8.18. The summed E-state index contributed by atoms with van der Waals surface area (Å²) in [5, 5.41) is 1.06. The number of methoxy groups -OCH3 is 2. The topological polar surface area (TPSA) is 51.7 Å². The first kappa shape index (κ1) is 15.1. The van der Waals surface area contributed by atoms with E-state index in [4.69, 9.17) is 4.74 Å². The molecule has 1 aromatic heterocycles. The number of hydrogen-bond donors (Lipinski definition) is 0. The molecule has 0 aliphatic rings. The van der Waals surface area contributed by atoms with E-state index < -0.39 is 0 Å². The first-order chi connectivity index (χ1) is 8.65. The zero-order chi connectivity index (χ0) is 13.4. The molecule has 0 aromatic carbocycles. The first-order valence-corrected chi connectivity index (χ1v) is 6.66. The van der Waals surface area contributed by atoms with E-state index in [1.807, 2.05) is 13.1 Å². The summed E-state index contributed by atoms with van der Waals surface area (Å²) in [6.07, 6.45) is 2.29. The minimum Gasteiger partial charge on any atom is -0.469 e. The van der Waals surface area contributed by atoms with Gasteiger partial charge in [0.2, 0.25) is 0 Å². The second-order valence-electron chi connectivity index (χ2n) is 3.94. The third kappa shape index (κ3) is 5.57. The molecule has 0 aliphatic carbocycles. The van der Waals surface area contributed by atoms with Crippen LogP contribution in [0.25, 0.3) is 0 Å². The summed E-state index contributed by atoms with van der Waals surface area (Å²) in [6, 6.07) is 0. The van der Waals surface area contributed by atoms with Gasteiger partial charge in [0, 0.05) is 37.8 Å². The Kier molecular flexibility index (Phi) is 6.85. The number of ether oxygens (including phenoxy) is 2. The minimum atomic E-state index is -0.182. The van der Waals surface area contributed by atoms with Crippen LogP contribution in [0.3, 0.4) is 0 Å². The third-order valence-corrected chi connectivity index (χ3v) is 3.42. The molecule has 102 valence electrons. The number of aromatic nitrogens is 1. The third-order valence-electron chi connectivity index (χ3n) is 2.52. The number of esters is 1. The molecule has 0 fully saturated rings. The molecule has 0 saturated heterocycles. The van der Waals surface area contributed by atoms with E-state index in [0.717, 1.165) is 18.1 Å². The van der Waals surface area contributed by atoms with E-state index in [0.29, 0.717) is 19.6 Å². The van der Waals surface area contributed by atoms with Crippen molar-refractivity contribution in [1.29, 1.82) is 0 Å². The van der Waals surface area contributed by atoms with Crippen molar-refractivity contribution in [2.45, 2.75) is 19.9 Å². The minimum absolute atomic E-state index is 0.182. The molecule has 0 unspecified atom stereocenters. The normalized spacial score (nSPS) is 10.9. The average molecular weight is 272 g/mol. The Bertz CT molecular complexity index is 368. The lowest BCUT2D eigenvalue weighted by molar-refractivity contribution is -0.141. The highest BCUT2D eigenvalue weighted by Gasteiger charge is 2.10. The predicted octanol–water partition coefficient (Wildman–Crippen LogP) is 1.46. The van der Waals surface area contributed by atoms with Gasteiger partial charge >= 0.3 is 5.97 Å². The van der Waals surface area contributed by atoms with Crippen molar-refractivity contribution < 1.29 is 14.3 Å². The summed E-state index contributed by atoms with van der Waals surface area (Å²) in [5.41, 5.74) is 0. The second-order valence-corrected chi connectivity index (χ2v) is 5.26. The zero-order valence-corrected chi connectivity index (χ0v) is 12.0. The van der Waals surface area contributed by atoms with E-state index >= 15 is 0 Å². The van der Waals surface area contributed by atoms with Gasteiger partial charge < -0.3 is 9.47 Å². The maximum absolute atomic E-state index is 11.2. The molecular weight excluding hydrogens is 252 g/mol. The van der Waals surface area contributed by atoms with Gasteiger partial charge in [-0.15, -0.1) is 11.3 Å². The highest BCUT2D eigenvalue weighted by molar-refractivity contribution is 7.11. The van der Waals surface area contributed by atoms with Crippen molar-refractivity contribution in [3.63, 3.8) is 0 Å². The van der Waals surface area contributed by atoms with Crippen LogP contribution in [0.4, 0.5) is 0 Å². The smallest absolute Gasteiger partial charge is 0.306 e. The molecule has 0 N–H and O–H groups in total. The number of nitrogens with zero attached hydrogens (tertiary/aromatic N) is 2. The van der Waals surface area contributed by atoms with E-state index in [-0.39, 0.29) is 5.97 Å². The van der Waals surface area contributed by atoms with Crippen LogP contribution in [-0.2, 0) is 20.8 Å². The molecule has 5 nitrogen and oxygen atoms in total. The van der Waals surface area contributed by atoms with Crippen molar-refractivity contribution in [3.8, 4) is 0 Å². The largest absolute Gasteiger partial charge is 0.469 e. The van der Waals surface area contributed by atoms with Crippen LogP contribution in [0.1, 0.15) is 16.3 Å². The number of carbonyl (C=O) groups excluding carboxylic acids is 1. The Labute approximate surface area is 112 Å². The molecule has 0 atom stereocenters. The number of carbonyl (C=O) groups is 1. The summed E-state index contributed by atoms with van der Waals surface area (Å²) >= 11 is 1.68. The fourth-order valence-corrected chi connectivity index (χ4v) is 2.38. The molecule has 0 bridgehead atoms. The van der Waals surface area contributed by atoms with Gasteiger partial charge in [0.25, 0.3) is 0 Å².